The Kier molecular flexibility index (Phi) is 6.32. The minimum Gasteiger partial charge on any atom is -0.444 e. The summed E-state index contributed by atoms with van der Waals surface area (Å²) in [4.78, 5) is 23.5. The second kappa shape index (κ2) is 7.56. The summed E-state index contributed by atoms with van der Waals surface area (Å²) >= 11 is 11.8. The van der Waals surface area contributed by atoms with Gasteiger partial charge >= 0.3 is 6.09 Å². The zero-order chi connectivity index (χ0) is 16.9. The predicted molar refractivity (Wildman–Crippen MR) is 87.1 cm³/mol. The van der Waals surface area contributed by atoms with Gasteiger partial charge in [-0.3, -0.25) is 15.6 Å². The molecule has 0 heterocycles. The molecule has 0 saturated heterocycles. The number of anilines is 1. The number of benzene rings is 1. The molecule has 1 atom stereocenters. The van der Waals surface area contributed by atoms with Crippen LogP contribution in [0.15, 0.2) is 18.2 Å². The first-order valence-corrected chi connectivity index (χ1v) is 7.34. The van der Waals surface area contributed by atoms with Gasteiger partial charge in [-0.05, 0) is 45.9 Å². The summed E-state index contributed by atoms with van der Waals surface area (Å²) in [5.74, 6) is -0.457. The number of carbonyl (C=O) groups is 2. The molecule has 0 fully saturated rings. The Hall–Kier alpha value is -1.66. The number of carbonyl (C=O) groups excluding carboxylic acids is 2. The Morgan fingerprint density at radius 1 is 1.23 bits per heavy atom. The number of ether oxygens (including phenoxy) is 1. The van der Waals surface area contributed by atoms with Gasteiger partial charge in [-0.1, -0.05) is 23.2 Å². The highest BCUT2D eigenvalue weighted by Crippen LogP contribution is 2.24. The van der Waals surface area contributed by atoms with Gasteiger partial charge in [0.05, 0.1) is 10.7 Å². The van der Waals surface area contributed by atoms with Crippen molar-refractivity contribution in [3.05, 3.63) is 28.2 Å². The summed E-state index contributed by atoms with van der Waals surface area (Å²) < 4.78 is 5.07. The molecule has 0 bridgehead atoms. The van der Waals surface area contributed by atoms with Gasteiger partial charge in [0, 0.05) is 5.02 Å². The Morgan fingerprint density at radius 3 is 2.45 bits per heavy atom. The van der Waals surface area contributed by atoms with Crippen LogP contribution in [0.3, 0.4) is 0 Å². The lowest BCUT2D eigenvalue weighted by molar-refractivity contribution is -0.122. The van der Waals surface area contributed by atoms with Gasteiger partial charge in [0.1, 0.15) is 11.6 Å². The fraction of sp³-hybridized carbons (Fsp3) is 0.429. The maximum absolute atomic E-state index is 11.9. The highest BCUT2D eigenvalue weighted by Gasteiger charge is 2.21. The third-order valence-corrected chi connectivity index (χ3v) is 2.94. The van der Waals surface area contributed by atoms with Gasteiger partial charge in [0.25, 0.3) is 5.91 Å². The molecule has 1 aromatic carbocycles. The van der Waals surface area contributed by atoms with Crippen molar-refractivity contribution < 1.29 is 14.3 Å². The van der Waals surface area contributed by atoms with Crippen LogP contribution in [-0.4, -0.2) is 23.6 Å². The van der Waals surface area contributed by atoms with E-state index in [0.717, 1.165) is 0 Å². The van der Waals surface area contributed by atoms with E-state index in [2.05, 4.69) is 16.2 Å². The summed E-state index contributed by atoms with van der Waals surface area (Å²) in [6, 6.07) is 4.00. The summed E-state index contributed by atoms with van der Waals surface area (Å²) in [5.41, 5.74) is 4.90. The zero-order valence-corrected chi connectivity index (χ0v) is 14.3. The van der Waals surface area contributed by atoms with Gasteiger partial charge in [0.2, 0.25) is 0 Å². The molecular weight excluding hydrogens is 329 g/mol. The van der Waals surface area contributed by atoms with Crippen molar-refractivity contribution in [1.82, 2.24) is 10.7 Å². The molecule has 0 radical (unpaired) electrons. The summed E-state index contributed by atoms with van der Waals surface area (Å²) in [6.45, 7) is 6.74. The van der Waals surface area contributed by atoms with Crippen LogP contribution in [0.4, 0.5) is 10.5 Å². The number of hydrogen-bond donors (Lipinski definition) is 3. The number of amides is 2. The SMILES string of the molecule is CC(NC(=O)OC(C)(C)C)C(=O)NNc1cc(Cl)ccc1Cl. The normalized spacial score (nSPS) is 12.3. The Labute approximate surface area is 139 Å². The van der Waals surface area contributed by atoms with E-state index in [-0.39, 0.29) is 0 Å². The van der Waals surface area contributed by atoms with E-state index in [1.165, 1.54) is 6.92 Å². The van der Waals surface area contributed by atoms with E-state index in [1.54, 1.807) is 39.0 Å². The maximum Gasteiger partial charge on any atom is 0.408 e. The molecule has 0 aliphatic heterocycles. The van der Waals surface area contributed by atoms with E-state index in [0.29, 0.717) is 15.7 Å². The Morgan fingerprint density at radius 2 is 1.86 bits per heavy atom. The number of halogens is 2. The number of rotatable bonds is 4. The quantitative estimate of drug-likeness (QED) is 0.729. The molecule has 1 unspecified atom stereocenters. The molecule has 0 spiro atoms. The van der Waals surface area contributed by atoms with E-state index in [4.69, 9.17) is 27.9 Å². The van der Waals surface area contributed by atoms with Crippen LogP contribution in [0.2, 0.25) is 10.0 Å². The van der Waals surface area contributed by atoms with Gasteiger partial charge in [-0.25, -0.2) is 4.79 Å². The highest BCUT2D eigenvalue weighted by molar-refractivity contribution is 6.35. The van der Waals surface area contributed by atoms with Gasteiger partial charge < -0.3 is 10.1 Å². The zero-order valence-electron chi connectivity index (χ0n) is 12.8. The van der Waals surface area contributed by atoms with Crippen LogP contribution in [0.5, 0.6) is 0 Å². The van der Waals surface area contributed by atoms with Crippen LogP contribution in [0.25, 0.3) is 0 Å². The Bertz CT molecular complexity index is 559. The molecule has 1 aromatic rings. The third-order valence-electron chi connectivity index (χ3n) is 2.38. The topological polar surface area (TPSA) is 79.5 Å². The van der Waals surface area contributed by atoms with Crippen LogP contribution in [-0.2, 0) is 9.53 Å². The lowest BCUT2D eigenvalue weighted by atomic mass is 10.2. The van der Waals surface area contributed by atoms with Crippen molar-refractivity contribution >= 4 is 40.9 Å². The second-order valence-electron chi connectivity index (χ2n) is 5.61. The third kappa shape index (κ3) is 6.41. The average Bonchev–Trinajstić information content (AvgIpc) is 2.37. The molecule has 122 valence electrons. The first kappa shape index (κ1) is 18.4. The first-order chi connectivity index (χ1) is 10.1. The summed E-state index contributed by atoms with van der Waals surface area (Å²) in [6.07, 6.45) is -0.670. The van der Waals surface area contributed by atoms with Crippen LogP contribution >= 0.6 is 23.2 Å². The van der Waals surface area contributed by atoms with E-state index < -0.39 is 23.6 Å². The molecule has 3 N–H and O–H groups in total. The molecule has 22 heavy (non-hydrogen) atoms. The molecule has 0 aliphatic rings. The summed E-state index contributed by atoms with van der Waals surface area (Å²) in [5, 5.41) is 3.30. The maximum atomic E-state index is 11.9. The van der Waals surface area contributed by atoms with Crippen LogP contribution in [0, 0.1) is 0 Å². The largest absolute Gasteiger partial charge is 0.444 e. The van der Waals surface area contributed by atoms with Gasteiger partial charge in [0.15, 0.2) is 0 Å². The van der Waals surface area contributed by atoms with E-state index in [1.807, 2.05) is 0 Å². The minimum atomic E-state index is -0.791. The number of hydrogen-bond acceptors (Lipinski definition) is 4. The standard InChI is InChI=1S/C14H19Cl2N3O3/c1-8(17-13(21)22-14(2,3)4)12(20)19-18-11-7-9(15)5-6-10(11)16/h5-8,18H,1-4H3,(H,17,21)(H,19,20). The van der Waals surface area contributed by atoms with Crippen molar-refractivity contribution in [2.75, 3.05) is 5.43 Å². The smallest absolute Gasteiger partial charge is 0.408 e. The minimum absolute atomic E-state index is 0.400. The van der Waals surface area contributed by atoms with E-state index in [9.17, 15) is 9.59 Å². The first-order valence-electron chi connectivity index (χ1n) is 6.59. The molecular formula is C14H19Cl2N3O3. The van der Waals surface area contributed by atoms with Gasteiger partial charge in [-0.15, -0.1) is 0 Å². The fourth-order valence-electron chi connectivity index (χ4n) is 1.38. The van der Waals surface area contributed by atoms with Crippen molar-refractivity contribution in [2.24, 2.45) is 0 Å². The van der Waals surface area contributed by atoms with Crippen LogP contribution in [0.1, 0.15) is 27.7 Å². The fourth-order valence-corrected chi connectivity index (χ4v) is 1.72. The lowest BCUT2D eigenvalue weighted by Crippen LogP contribution is -2.47. The highest BCUT2D eigenvalue weighted by atomic mass is 35.5. The molecule has 6 nitrogen and oxygen atoms in total. The van der Waals surface area contributed by atoms with E-state index >= 15 is 0 Å². The number of hydrazine groups is 1. The number of nitrogens with one attached hydrogen (secondary N) is 3. The molecule has 1 rings (SSSR count). The average molecular weight is 348 g/mol. The van der Waals surface area contributed by atoms with Crippen molar-refractivity contribution in [3.8, 4) is 0 Å². The monoisotopic (exact) mass is 347 g/mol. The van der Waals surface area contributed by atoms with Crippen molar-refractivity contribution in [2.45, 2.75) is 39.3 Å². The second-order valence-corrected chi connectivity index (χ2v) is 6.45. The van der Waals surface area contributed by atoms with Gasteiger partial charge in [-0.2, -0.15) is 0 Å². The molecule has 2 amide bonds. The molecule has 8 heteroatoms. The van der Waals surface area contributed by atoms with Crippen molar-refractivity contribution in [3.63, 3.8) is 0 Å². The van der Waals surface area contributed by atoms with Crippen LogP contribution < -0.4 is 16.2 Å². The number of alkyl carbamates (subject to hydrolysis) is 1. The lowest BCUT2D eigenvalue weighted by Gasteiger charge is -2.21. The molecule has 0 aliphatic carbocycles. The molecule has 0 aromatic heterocycles. The van der Waals surface area contributed by atoms with Crippen molar-refractivity contribution in [1.29, 1.82) is 0 Å². The Balaban J connectivity index is 2.51. The summed E-state index contributed by atoms with van der Waals surface area (Å²) in [7, 11) is 0. The molecule has 0 saturated carbocycles. The predicted octanol–water partition coefficient (Wildman–Crippen LogP) is 3.35.